The zero-order chi connectivity index (χ0) is 29.8. The van der Waals surface area contributed by atoms with E-state index in [1.54, 1.807) is 19.1 Å². The summed E-state index contributed by atoms with van der Waals surface area (Å²) in [7, 11) is 0. The molecule has 0 heterocycles. The van der Waals surface area contributed by atoms with Crippen molar-refractivity contribution >= 4 is 47.2 Å². The van der Waals surface area contributed by atoms with Gasteiger partial charge in [0, 0.05) is 5.56 Å². The molecule has 0 bridgehead atoms. The van der Waals surface area contributed by atoms with Gasteiger partial charge in [0.25, 0.3) is 5.78 Å². The van der Waals surface area contributed by atoms with Gasteiger partial charge in [0.2, 0.25) is 0 Å². The van der Waals surface area contributed by atoms with Crippen LogP contribution in [0.3, 0.4) is 0 Å². The normalized spacial score (nSPS) is 10.1. The minimum absolute atomic E-state index is 0.00187. The van der Waals surface area contributed by atoms with E-state index in [0.29, 0.717) is 6.21 Å². The molecule has 15 heteroatoms. The van der Waals surface area contributed by atoms with E-state index in [1.165, 1.54) is 24.3 Å². The largest absolute Gasteiger partial charge is 0.488 e. The second kappa shape index (κ2) is 14.5. The smallest absolute Gasteiger partial charge is 0.328 e. The Hall–Kier alpha value is -5.43. The average Bonchev–Trinajstić information content (AvgIpc) is 2.85. The number of nitrogens with zero attached hydrogens (tertiary/aromatic N) is 4. The monoisotopic (exact) mass is 558 g/mol. The summed E-state index contributed by atoms with van der Waals surface area (Å²) in [6.45, 7) is -1.23. The summed E-state index contributed by atoms with van der Waals surface area (Å²) in [5.41, 5.74) is 9.66. The van der Waals surface area contributed by atoms with Crippen LogP contribution >= 0.6 is 0 Å². The van der Waals surface area contributed by atoms with Crippen molar-refractivity contribution < 1.29 is 58.7 Å². The SMILES string of the molecule is Cc1ccc(N(CC(=O)O)CC(=O)O)c(OCCOc2cc(C(=O)C=[N+]=[N-])ccc2N(CC(=O)O)CC(=O)O)c1. The summed E-state index contributed by atoms with van der Waals surface area (Å²) < 4.78 is 11.5. The Morgan fingerprint density at radius 2 is 1.18 bits per heavy atom. The van der Waals surface area contributed by atoms with Crippen molar-refractivity contribution in [2.24, 2.45) is 0 Å². The molecule has 0 spiro atoms. The average molecular weight is 559 g/mol. The Kier molecular flexibility index (Phi) is 11.2. The van der Waals surface area contributed by atoms with Crippen molar-refractivity contribution in [2.45, 2.75) is 6.92 Å². The lowest BCUT2D eigenvalue weighted by atomic mass is 10.1. The van der Waals surface area contributed by atoms with Gasteiger partial charge in [-0.2, -0.15) is 4.79 Å². The predicted molar refractivity (Wildman–Crippen MR) is 138 cm³/mol. The lowest BCUT2D eigenvalue weighted by Crippen LogP contribution is -2.35. The number of carbonyl (C=O) groups is 5. The molecular formula is C25H26N4O11. The molecule has 0 aromatic heterocycles. The number of Topliss-reactive ketones (excluding diaryl/α,β-unsaturated/α-hetero) is 1. The molecule has 0 saturated carbocycles. The first-order chi connectivity index (χ1) is 18.9. The molecule has 0 saturated heterocycles. The van der Waals surface area contributed by atoms with Crippen LogP contribution in [0.25, 0.3) is 5.53 Å². The molecule has 2 aromatic rings. The topological polar surface area (TPSA) is 228 Å². The first-order valence-corrected chi connectivity index (χ1v) is 11.5. The van der Waals surface area contributed by atoms with Crippen LogP contribution in [0, 0.1) is 6.92 Å². The summed E-state index contributed by atoms with van der Waals surface area (Å²) in [6, 6.07) is 8.52. The molecule has 0 aliphatic carbocycles. The van der Waals surface area contributed by atoms with Gasteiger partial charge >= 0.3 is 30.1 Å². The van der Waals surface area contributed by atoms with Gasteiger partial charge in [-0.05, 0) is 42.8 Å². The Morgan fingerprint density at radius 1 is 0.750 bits per heavy atom. The number of carboxylic acids is 4. The summed E-state index contributed by atoms with van der Waals surface area (Å²) in [5.74, 6) is -5.74. The second-order valence-corrected chi connectivity index (χ2v) is 8.25. The molecule has 2 rings (SSSR count). The molecule has 0 atom stereocenters. The number of hydrogen-bond acceptors (Lipinski definition) is 9. The zero-order valence-corrected chi connectivity index (χ0v) is 21.2. The highest BCUT2D eigenvalue weighted by Crippen LogP contribution is 2.31. The standard InChI is InChI=1S/C25H26N4O11/c1-15-2-4-17(28(11-22(31)32)12-23(33)34)20(8-15)39-6-7-40-21-9-16(19(30)10-27-26)3-5-18(21)29(13-24(35)36)14-25(37)38/h2-5,8-10H,6-7,11-14H2,1H3,(H,31,32)(H,33,34)(H,35,36)(H,37,38). The highest BCUT2D eigenvalue weighted by atomic mass is 16.5. The van der Waals surface area contributed by atoms with Crippen molar-refractivity contribution in [1.29, 1.82) is 0 Å². The number of anilines is 2. The number of benzene rings is 2. The van der Waals surface area contributed by atoms with Crippen LogP contribution in [0.1, 0.15) is 15.9 Å². The van der Waals surface area contributed by atoms with E-state index < -0.39 is 55.8 Å². The lowest BCUT2D eigenvalue weighted by molar-refractivity contribution is -0.138. The highest BCUT2D eigenvalue weighted by Gasteiger charge is 2.21. The Labute approximate surface area is 227 Å². The molecule has 0 fully saturated rings. The molecule has 0 aliphatic rings. The van der Waals surface area contributed by atoms with E-state index in [-0.39, 0.29) is 41.7 Å². The predicted octanol–water partition coefficient (Wildman–Crippen LogP) is 0.887. The molecule has 40 heavy (non-hydrogen) atoms. The molecular weight excluding hydrogens is 532 g/mol. The number of hydrogen-bond donors (Lipinski definition) is 4. The molecule has 4 N–H and O–H groups in total. The quantitative estimate of drug-likeness (QED) is 0.0696. The van der Waals surface area contributed by atoms with Crippen LogP contribution in [0.5, 0.6) is 11.5 Å². The van der Waals surface area contributed by atoms with Gasteiger partial charge in [-0.1, -0.05) is 6.07 Å². The van der Waals surface area contributed by atoms with Crippen molar-refractivity contribution in [3.63, 3.8) is 0 Å². The van der Waals surface area contributed by atoms with Crippen LogP contribution < -0.4 is 19.3 Å². The van der Waals surface area contributed by atoms with Gasteiger partial charge in [0.05, 0.1) is 11.4 Å². The molecule has 0 radical (unpaired) electrons. The molecule has 2 aromatic carbocycles. The number of carbonyl (C=O) groups excluding carboxylic acids is 1. The Morgan fingerprint density at radius 3 is 1.60 bits per heavy atom. The first kappa shape index (κ1) is 30.8. The first-order valence-electron chi connectivity index (χ1n) is 11.5. The van der Waals surface area contributed by atoms with Gasteiger partial charge in [-0.15, -0.1) is 0 Å². The number of aliphatic carboxylic acids is 4. The van der Waals surface area contributed by atoms with Crippen LogP contribution in [0.4, 0.5) is 11.4 Å². The van der Waals surface area contributed by atoms with E-state index in [1.807, 2.05) is 0 Å². The summed E-state index contributed by atoms with van der Waals surface area (Å²) in [6.07, 6.45) is 0.632. The number of ketones is 1. The van der Waals surface area contributed by atoms with Gasteiger partial charge in [-0.25, -0.2) is 0 Å². The van der Waals surface area contributed by atoms with Crippen LogP contribution in [0.2, 0.25) is 0 Å². The summed E-state index contributed by atoms with van der Waals surface area (Å²) in [5, 5.41) is 36.9. The van der Waals surface area contributed by atoms with Crippen LogP contribution in [-0.4, -0.2) is 100 Å². The van der Waals surface area contributed by atoms with Gasteiger partial charge in [-0.3, -0.25) is 24.0 Å². The number of aryl methyl sites for hydroxylation is 1. The van der Waals surface area contributed by atoms with Crippen molar-refractivity contribution in [2.75, 3.05) is 49.2 Å². The van der Waals surface area contributed by atoms with E-state index in [9.17, 15) is 44.4 Å². The maximum atomic E-state index is 12.2. The fraction of sp³-hybridized carbons (Fsp3) is 0.280. The Balaban J connectivity index is 2.33. The highest BCUT2D eigenvalue weighted by molar-refractivity contribution is 6.33. The molecule has 15 nitrogen and oxygen atoms in total. The second-order valence-electron chi connectivity index (χ2n) is 8.25. The van der Waals surface area contributed by atoms with Crippen LogP contribution in [0.15, 0.2) is 36.4 Å². The fourth-order valence-corrected chi connectivity index (χ4v) is 3.58. The van der Waals surface area contributed by atoms with Crippen molar-refractivity contribution in [3.05, 3.63) is 53.1 Å². The third-order valence-electron chi connectivity index (χ3n) is 5.12. The molecule has 0 unspecified atom stereocenters. The minimum Gasteiger partial charge on any atom is -0.488 e. The van der Waals surface area contributed by atoms with Crippen molar-refractivity contribution in [1.82, 2.24) is 0 Å². The number of ether oxygens (including phenoxy) is 2. The summed E-state index contributed by atoms with van der Waals surface area (Å²) >= 11 is 0. The van der Waals surface area contributed by atoms with Crippen molar-refractivity contribution in [3.8, 4) is 11.5 Å². The van der Waals surface area contributed by atoms with E-state index in [4.69, 9.17) is 15.0 Å². The molecule has 0 amide bonds. The number of rotatable bonds is 17. The minimum atomic E-state index is -1.32. The third kappa shape index (κ3) is 9.46. The van der Waals surface area contributed by atoms with E-state index in [2.05, 4.69) is 4.79 Å². The fourth-order valence-electron chi connectivity index (χ4n) is 3.58. The van der Waals surface area contributed by atoms with Crippen LogP contribution in [-0.2, 0) is 19.2 Å². The molecule has 0 aliphatic heterocycles. The maximum Gasteiger partial charge on any atom is 0.328 e. The Bertz CT molecular complexity index is 1310. The van der Waals surface area contributed by atoms with Gasteiger partial charge in [0.15, 0.2) is 0 Å². The lowest BCUT2D eigenvalue weighted by Gasteiger charge is -2.25. The summed E-state index contributed by atoms with van der Waals surface area (Å²) in [4.78, 5) is 62.2. The number of carboxylic acid groups (broad SMARTS) is 4. The maximum absolute atomic E-state index is 12.2. The van der Waals surface area contributed by atoms with E-state index in [0.717, 1.165) is 15.4 Å². The van der Waals surface area contributed by atoms with E-state index >= 15 is 0 Å². The third-order valence-corrected chi connectivity index (χ3v) is 5.12. The molecule has 212 valence electrons. The van der Waals surface area contributed by atoms with Gasteiger partial charge < -0.3 is 45.2 Å². The van der Waals surface area contributed by atoms with Gasteiger partial charge in [0.1, 0.15) is 50.9 Å². The zero-order valence-electron chi connectivity index (χ0n) is 21.2.